The van der Waals surface area contributed by atoms with Crippen LogP contribution in [0.25, 0.3) is 31.8 Å². The van der Waals surface area contributed by atoms with Gasteiger partial charge < -0.3 is 0 Å². The fraction of sp³-hybridized carbons (Fsp3) is 0.105. The number of benzene rings is 1. The number of aryl methyl sites for hydroxylation is 2. The van der Waals surface area contributed by atoms with E-state index in [-0.39, 0.29) is 5.28 Å². The average molecular weight is 370 g/mol. The van der Waals surface area contributed by atoms with Crippen molar-refractivity contribution in [1.82, 2.24) is 15.0 Å². The van der Waals surface area contributed by atoms with E-state index in [9.17, 15) is 4.39 Å². The summed E-state index contributed by atoms with van der Waals surface area (Å²) in [5.74, 6) is -0.479. The van der Waals surface area contributed by atoms with Gasteiger partial charge in [-0.15, -0.1) is 11.3 Å². The highest BCUT2D eigenvalue weighted by Crippen LogP contribution is 2.40. The van der Waals surface area contributed by atoms with Gasteiger partial charge in [-0.1, -0.05) is 18.2 Å². The van der Waals surface area contributed by atoms with Crippen LogP contribution in [0.1, 0.15) is 11.1 Å². The monoisotopic (exact) mass is 369 g/mol. The van der Waals surface area contributed by atoms with E-state index in [1.54, 1.807) is 23.7 Å². The highest BCUT2D eigenvalue weighted by Gasteiger charge is 2.14. The van der Waals surface area contributed by atoms with Gasteiger partial charge in [-0.2, -0.15) is 4.39 Å². The smallest absolute Gasteiger partial charge is 0.222 e. The van der Waals surface area contributed by atoms with Gasteiger partial charge in [0.05, 0.1) is 10.6 Å². The van der Waals surface area contributed by atoms with Crippen molar-refractivity contribution >= 4 is 33.0 Å². The Hall–Kier alpha value is -2.37. The lowest BCUT2D eigenvalue weighted by atomic mass is 10.0. The van der Waals surface area contributed by atoms with Crippen molar-refractivity contribution in [2.24, 2.45) is 0 Å². The SMILES string of the molecule is Cc1cnc(F)cc1-c1cccc2cc(-c3nc(Cl)ncc3C)sc12. The van der Waals surface area contributed by atoms with Crippen molar-refractivity contribution in [3.8, 4) is 21.7 Å². The summed E-state index contributed by atoms with van der Waals surface area (Å²) in [5, 5.41) is 1.31. The standard InChI is InChI=1S/C19H13ClFN3S/c1-10-8-22-16(21)7-14(10)13-5-3-4-12-6-15(25-18(12)13)17-11(2)9-23-19(20)24-17/h3-9H,1-2H3. The second-order valence-electron chi connectivity index (χ2n) is 5.83. The van der Waals surface area contributed by atoms with E-state index >= 15 is 0 Å². The highest BCUT2D eigenvalue weighted by atomic mass is 35.5. The number of hydrogen-bond donors (Lipinski definition) is 0. The molecule has 25 heavy (non-hydrogen) atoms. The third-order valence-electron chi connectivity index (χ3n) is 4.08. The fourth-order valence-corrected chi connectivity index (χ4v) is 4.23. The van der Waals surface area contributed by atoms with Gasteiger partial charge in [0.25, 0.3) is 0 Å². The molecular weight excluding hydrogens is 357 g/mol. The Balaban J connectivity index is 1.96. The summed E-state index contributed by atoms with van der Waals surface area (Å²) >= 11 is 7.58. The van der Waals surface area contributed by atoms with Crippen molar-refractivity contribution < 1.29 is 4.39 Å². The van der Waals surface area contributed by atoms with E-state index in [1.807, 2.05) is 32.0 Å². The predicted octanol–water partition coefficient (Wildman–Crippen LogP) is 5.83. The molecule has 0 saturated heterocycles. The molecule has 3 nitrogen and oxygen atoms in total. The Kier molecular flexibility index (Phi) is 3.98. The zero-order chi connectivity index (χ0) is 17.6. The van der Waals surface area contributed by atoms with Gasteiger partial charge in [-0.05, 0) is 59.2 Å². The van der Waals surface area contributed by atoms with Crippen LogP contribution in [0.15, 0.2) is 42.7 Å². The van der Waals surface area contributed by atoms with Crippen LogP contribution >= 0.6 is 22.9 Å². The number of halogens is 2. The lowest BCUT2D eigenvalue weighted by Gasteiger charge is -2.07. The number of rotatable bonds is 2. The highest BCUT2D eigenvalue weighted by molar-refractivity contribution is 7.22. The number of aromatic nitrogens is 3. The van der Waals surface area contributed by atoms with Gasteiger partial charge in [-0.25, -0.2) is 15.0 Å². The molecule has 0 saturated carbocycles. The molecule has 0 aliphatic heterocycles. The van der Waals surface area contributed by atoms with Gasteiger partial charge in [0.15, 0.2) is 0 Å². The first-order valence-electron chi connectivity index (χ1n) is 7.67. The van der Waals surface area contributed by atoms with Crippen LogP contribution in [0.4, 0.5) is 4.39 Å². The first-order valence-corrected chi connectivity index (χ1v) is 8.87. The lowest BCUT2D eigenvalue weighted by Crippen LogP contribution is -1.89. The number of fused-ring (bicyclic) bond motifs is 1. The maximum Gasteiger partial charge on any atom is 0.222 e. The molecule has 0 fully saturated rings. The summed E-state index contributed by atoms with van der Waals surface area (Å²) < 4.78 is 14.7. The van der Waals surface area contributed by atoms with Crippen LogP contribution in [0.3, 0.4) is 0 Å². The minimum Gasteiger partial charge on any atom is -0.228 e. The molecule has 124 valence electrons. The molecule has 0 radical (unpaired) electrons. The van der Waals surface area contributed by atoms with E-state index in [2.05, 4.69) is 21.0 Å². The molecule has 0 atom stereocenters. The normalized spacial score (nSPS) is 11.2. The lowest BCUT2D eigenvalue weighted by molar-refractivity contribution is 0.583. The van der Waals surface area contributed by atoms with E-state index in [0.29, 0.717) is 0 Å². The zero-order valence-corrected chi connectivity index (χ0v) is 15.1. The molecule has 0 aliphatic rings. The number of hydrogen-bond acceptors (Lipinski definition) is 4. The maximum absolute atomic E-state index is 13.7. The minimum absolute atomic E-state index is 0.227. The van der Waals surface area contributed by atoms with Crippen LogP contribution in [0.5, 0.6) is 0 Å². The predicted molar refractivity (Wildman–Crippen MR) is 101 cm³/mol. The van der Waals surface area contributed by atoms with Crippen LogP contribution < -0.4 is 0 Å². The van der Waals surface area contributed by atoms with Crippen molar-refractivity contribution in [3.63, 3.8) is 0 Å². The van der Waals surface area contributed by atoms with E-state index in [0.717, 1.165) is 42.9 Å². The van der Waals surface area contributed by atoms with Crippen LogP contribution in [-0.4, -0.2) is 15.0 Å². The molecule has 0 spiro atoms. The molecule has 3 aromatic heterocycles. The number of pyridine rings is 1. The Morgan fingerprint density at radius 1 is 1.00 bits per heavy atom. The Morgan fingerprint density at radius 3 is 2.64 bits per heavy atom. The fourth-order valence-electron chi connectivity index (χ4n) is 2.85. The minimum atomic E-state index is -0.479. The third kappa shape index (κ3) is 2.90. The summed E-state index contributed by atoms with van der Waals surface area (Å²) in [6, 6.07) is 9.60. The molecule has 0 bridgehead atoms. The molecule has 0 amide bonds. The second-order valence-corrected chi connectivity index (χ2v) is 7.22. The van der Waals surface area contributed by atoms with Gasteiger partial charge in [0.1, 0.15) is 0 Å². The van der Waals surface area contributed by atoms with Crippen molar-refractivity contribution in [3.05, 3.63) is 65.1 Å². The molecular formula is C19H13ClFN3S. The topological polar surface area (TPSA) is 38.7 Å². The summed E-state index contributed by atoms with van der Waals surface area (Å²) in [7, 11) is 0. The van der Waals surface area contributed by atoms with E-state index in [4.69, 9.17) is 11.6 Å². The third-order valence-corrected chi connectivity index (χ3v) is 5.45. The molecule has 1 aromatic carbocycles. The largest absolute Gasteiger partial charge is 0.228 e. The summed E-state index contributed by atoms with van der Waals surface area (Å²) in [6.07, 6.45) is 3.28. The summed E-state index contributed by atoms with van der Waals surface area (Å²) in [6.45, 7) is 3.89. The number of nitrogens with zero attached hydrogens (tertiary/aromatic N) is 3. The van der Waals surface area contributed by atoms with E-state index in [1.165, 1.54) is 6.07 Å². The second kappa shape index (κ2) is 6.17. The zero-order valence-electron chi connectivity index (χ0n) is 13.5. The molecule has 4 rings (SSSR count). The summed E-state index contributed by atoms with van der Waals surface area (Å²) in [4.78, 5) is 13.1. The Morgan fingerprint density at radius 2 is 1.80 bits per heavy atom. The number of thiophene rings is 1. The molecule has 0 aliphatic carbocycles. The first kappa shape index (κ1) is 16.1. The molecule has 0 unspecified atom stereocenters. The Bertz CT molecular complexity index is 1110. The molecule has 4 aromatic rings. The Labute approximate surface area is 153 Å². The van der Waals surface area contributed by atoms with Crippen molar-refractivity contribution in [1.29, 1.82) is 0 Å². The van der Waals surface area contributed by atoms with Crippen LogP contribution in [0, 0.1) is 19.8 Å². The van der Waals surface area contributed by atoms with E-state index < -0.39 is 5.95 Å². The van der Waals surface area contributed by atoms with Crippen molar-refractivity contribution in [2.75, 3.05) is 0 Å². The molecule has 3 heterocycles. The van der Waals surface area contributed by atoms with Gasteiger partial charge in [0.2, 0.25) is 11.2 Å². The summed E-state index contributed by atoms with van der Waals surface area (Å²) in [5.41, 5.74) is 4.56. The van der Waals surface area contributed by atoms with Gasteiger partial charge >= 0.3 is 0 Å². The molecule has 6 heteroatoms. The van der Waals surface area contributed by atoms with Gasteiger partial charge in [0, 0.05) is 23.2 Å². The van der Waals surface area contributed by atoms with Crippen LogP contribution in [0.2, 0.25) is 5.28 Å². The quantitative estimate of drug-likeness (QED) is 0.329. The molecule has 0 N–H and O–H groups in total. The van der Waals surface area contributed by atoms with Crippen LogP contribution in [-0.2, 0) is 0 Å². The maximum atomic E-state index is 13.7. The average Bonchev–Trinajstić information content (AvgIpc) is 3.03. The first-order chi connectivity index (χ1) is 12.0. The van der Waals surface area contributed by atoms with Crippen molar-refractivity contribution in [2.45, 2.75) is 13.8 Å². The van der Waals surface area contributed by atoms with Gasteiger partial charge in [-0.3, -0.25) is 0 Å².